The molecule has 0 aliphatic rings. The minimum atomic E-state index is -5.72. The van der Waals surface area contributed by atoms with Crippen LogP contribution in [0.2, 0.25) is 0 Å². The number of ether oxygens (including phenoxy) is 1. The highest BCUT2D eigenvalue weighted by molar-refractivity contribution is 5.96. The molecule has 2 aromatic heterocycles. The molecule has 2 N–H and O–H groups in total. The first kappa shape index (κ1) is 24.0. The predicted octanol–water partition coefficient (Wildman–Crippen LogP) is 3.89. The molecule has 2 rings (SSSR count). The van der Waals surface area contributed by atoms with Gasteiger partial charge in [0.1, 0.15) is 5.82 Å². The van der Waals surface area contributed by atoms with Gasteiger partial charge in [0.25, 0.3) is 5.91 Å². The Labute approximate surface area is 174 Å². The van der Waals surface area contributed by atoms with E-state index in [1.165, 1.54) is 30.6 Å². The van der Waals surface area contributed by atoms with Crippen LogP contribution in [0, 0.1) is 0 Å². The Balaban J connectivity index is 1.98. The quantitative estimate of drug-likeness (QED) is 0.600. The molecule has 0 aliphatic carbocycles. The van der Waals surface area contributed by atoms with Gasteiger partial charge in [0.05, 0.1) is 6.04 Å². The number of rotatable bonds is 8. The van der Waals surface area contributed by atoms with Crippen LogP contribution < -0.4 is 15.4 Å². The van der Waals surface area contributed by atoms with E-state index in [4.69, 9.17) is 0 Å². The fraction of sp³-hybridized carbons (Fsp3) is 0.368. The van der Waals surface area contributed by atoms with Crippen molar-refractivity contribution in [2.24, 2.45) is 0 Å². The topological polar surface area (TPSA) is 93.2 Å². The van der Waals surface area contributed by atoms with Gasteiger partial charge in [-0.1, -0.05) is 13.0 Å². The first-order valence-corrected chi connectivity index (χ1v) is 9.03. The lowest BCUT2D eigenvalue weighted by Gasteiger charge is -2.19. The lowest BCUT2D eigenvalue weighted by Crippen LogP contribution is -2.41. The molecule has 0 bridgehead atoms. The number of aromatic nitrogens is 2. The summed E-state index contributed by atoms with van der Waals surface area (Å²) in [5.41, 5.74) is 0.687. The number of nitrogens with one attached hydrogen (secondary N) is 2. The van der Waals surface area contributed by atoms with Crippen LogP contribution in [0.1, 0.15) is 42.2 Å². The van der Waals surface area contributed by atoms with Crippen molar-refractivity contribution in [1.82, 2.24) is 15.3 Å². The van der Waals surface area contributed by atoms with Crippen LogP contribution in [-0.2, 0) is 4.79 Å². The summed E-state index contributed by atoms with van der Waals surface area (Å²) >= 11 is 0. The number of amides is 2. The van der Waals surface area contributed by atoms with E-state index in [9.17, 15) is 31.5 Å². The van der Waals surface area contributed by atoms with Crippen molar-refractivity contribution in [1.29, 1.82) is 0 Å². The van der Waals surface area contributed by atoms with E-state index in [0.29, 0.717) is 5.56 Å². The van der Waals surface area contributed by atoms with Gasteiger partial charge in [0.15, 0.2) is 6.61 Å². The minimum Gasteiger partial charge on any atom is -0.471 e. The van der Waals surface area contributed by atoms with Gasteiger partial charge in [-0.3, -0.25) is 9.59 Å². The highest BCUT2D eigenvalue weighted by Gasteiger charge is 2.58. The van der Waals surface area contributed by atoms with E-state index in [2.05, 4.69) is 25.3 Å². The van der Waals surface area contributed by atoms with Crippen LogP contribution in [-0.4, -0.2) is 40.5 Å². The standard InChI is InChI=1S/C19H19F5N4O3/c1-3-15(29)28-14-8-12(6-7-25-14)17(30)27-11(2)13-4-5-16(26-9-13)31-10-18(20,21)19(22,23)24/h4-9,11H,3,10H2,1-2H3,(H,27,30)(H,25,28,29). The highest BCUT2D eigenvalue weighted by atomic mass is 19.4. The molecule has 2 amide bonds. The molecule has 0 saturated heterocycles. The van der Waals surface area contributed by atoms with Crippen molar-refractivity contribution in [3.05, 3.63) is 47.8 Å². The molecule has 1 atom stereocenters. The van der Waals surface area contributed by atoms with Crippen molar-refractivity contribution < 1.29 is 36.3 Å². The van der Waals surface area contributed by atoms with Gasteiger partial charge in [0, 0.05) is 30.4 Å². The first-order valence-electron chi connectivity index (χ1n) is 9.03. The molecule has 0 aromatic carbocycles. The zero-order valence-electron chi connectivity index (χ0n) is 16.5. The van der Waals surface area contributed by atoms with Gasteiger partial charge in [-0.2, -0.15) is 22.0 Å². The molecule has 0 spiro atoms. The van der Waals surface area contributed by atoms with Crippen molar-refractivity contribution in [3.8, 4) is 5.88 Å². The van der Waals surface area contributed by atoms with Crippen molar-refractivity contribution in [2.75, 3.05) is 11.9 Å². The Bertz CT molecular complexity index is 920. The number of hydrogen-bond donors (Lipinski definition) is 2. The SMILES string of the molecule is CCC(=O)Nc1cc(C(=O)NC(C)c2ccc(OCC(F)(F)C(F)(F)F)nc2)ccn1. The van der Waals surface area contributed by atoms with Crippen LogP contribution in [0.25, 0.3) is 0 Å². The number of anilines is 1. The maximum absolute atomic E-state index is 12.9. The Hall–Kier alpha value is -3.31. The van der Waals surface area contributed by atoms with Crippen LogP contribution in [0.5, 0.6) is 5.88 Å². The van der Waals surface area contributed by atoms with Crippen LogP contribution in [0.3, 0.4) is 0 Å². The summed E-state index contributed by atoms with van der Waals surface area (Å²) in [7, 11) is 0. The smallest absolute Gasteiger partial charge is 0.456 e. The Morgan fingerprint density at radius 3 is 2.42 bits per heavy atom. The fourth-order valence-corrected chi connectivity index (χ4v) is 2.21. The molecule has 0 radical (unpaired) electrons. The summed E-state index contributed by atoms with van der Waals surface area (Å²) < 4.78 is 66.7. The maximum Gasteiger partial charge on any atom is 0.456 e. The molecule has 1 unspecified atom stereocenters. The number of alkyl halides is 5. The third kappa shape index (κ3) is 6.59. The summed E-state index contributed by atoms with van der Waals surface area (Å²) in [5.74, 6) is -5.95. The van der Waals surface area contributed by atoms with Crippen LogP contribution in [0.15, 0.2) is 36.7 Å². The summed E-state index contributed by atoms with van der Waals surface area (Å²) in [6, 6.07) is 4.76. The first-order chi connectivity index (χ1) is 14.4. The largest absolute Gasteiger partial charge is 0.471 e. The number of hydrogen-bond acceptors (Lipinski definition) is 5. The second kappa shape index (κ2) is 9.67. The lowest BCUT2D eigenvalue weighted by atomic mass is 10.1. The average Bonchev–Trinajstić information content (AvgIpc) is 2.71. The van der Waals surface area contributed by atoms with E-state index in [-0.39, 0.29) is 23.7 Å². The Kier molecular flexibility index (Phi) is 7.47. The van der Waals surface area contributed by atoms with Crippen molar-refractivity contribution >= 4 is 17.6 Å². The van der Waals surface area contributed by atoms with Crippen molar-refractivity contribution in [3.63, 3.8) is 0 Å². The van der Waals surface area contributed by atoms with Crippen LogP contribution in [0.4, 0.5) is 27.8 Å². The molecular weight excluding hydrogens is 427 g/mol. The lowest BCUT2D eigenvalue weighted by molar-refractivity contribution is -0.290. The zero-order valence-corrected chi connectivity index (χ0v) is 16.5. The number of pyridine rings is 2. The fourth-order valence-electron chi connectivity index (χ4n) is 2.21. The van der Waals surface area contributed by atoms with Crippen LogP contribution >= 0.6 is 0 Å². The summed E-state index contributed by atoms with van der Waals surface area (Å²) in [5, 5.41) is 5.21. The molecule has 7 nitrogen and oxygen atoms in total. The van der Waals surface area contributed by atoms with E-state index in [1.807, 2.05) is 0 Å². The number of halogens is 5. The van der Waals surface area contributed by atoms with E-state index in [1.54, 1.807) is 13.8 Å². The maximum atomic E-state index is 12.9. The Morgan fingerprint density at radius 2 is 1.84 bits per heavy atom. The highest BCUT2D eigenvalue weighted by Crippen LogP contribution is 2.35. The monoisotopic (exact) mass is 446 g/mol. The molecule has 168 valence electrons. The second-order valence-corrected chi connectivity index (χ2v) is 6.45. The van der Waals surface area contributed by atoms with E-state index in [0.717, 1.165) is 6.07 Å². The number of nitrogens with zero attached hydrogens (tertiary/aromatic N) is 2. The summed E-state index contributed by atoms with van der Waals surface area (Å²) in [4.78, 5) is 31.5. The molecule has 0 saturated carbocycles. The second-order valence-electron chi connectivity index (χ2n) is 6.45. The summed E-state index contributed by atoms with van der Waals surface area (Å²) in [6.07, 6.45) is -2.94. The van der Waals surface area contributed by atoms with Gasteiger partial charge in [0.2, 0.25) is 11.8 Å². The normalized spacial score (nSPS) is 12.7. The third-order valence-corrected chi connectivity index (χ3v) is 4.03. The molecule has 12 heteroatoms. The van der Waals surface area contributed by atoms with Gasteiger partial charge < -0.3 is 15.4 Å². The van der Waals surface area contributed by atoms with Gasteiger partial charge in [-0.25, -0.2) is 9.97 Å². The molecule has 2 heterocycles. The molecular formula is C19H19F5N4O3. The van der Waals surface area contributed by atoms with Gasteiger partial charge in [-0.15, -0.1) is 0 Å². The van der Waals surface area contributed by atoms with Gasteiger partial charge in [-0.05, 0) is 24.6 Å². The number of carbonyl (C=O) groups excluding carboxylic acids is 2. The summed E-state index contributed by atoms with van der Waals surface area (Å²) in [6.45, 7) is 1.39. The predicted molar refractivity (Wildman–Crippen MR) is 99.8 cm³/mol. The van der Waals surface area contributed by atoms with Crippen molar-refractivity contribution in [2.45, 2.75) is 38.4 Å². The Morgan fingerprint density at radius 1 is 1.13 bits per heavy atom. The zero-order chi connectivity index (χ0) is 23.2. The molecule has 2 aromatic rings. The molecule has 31 heavy (non-hydrogen) atoms. The van der Waals surface area contributed by atoms with E-state index < -0.39 is 36.5 Å². The van der Waals surface area contributed by atoms with E-state index >= 15 is 0 Å². The van der Waals surface area contributed by atoms with Gasteiger partial charge >= 0.3 is 12.1 Å². The molecule has 0 fully saturated rings. The average molecular weight is 446 g/mol. The number of carbonyl (C=O) groups is 2. The minimum absolute atomic E-state index is 0.214. The third-order valence-electron chi connectivity index (χ3n) is 4.03. The molecule has 0 aliphatic heterocycles.